The van der Waals surface area contributed by atoms with Crippen LogP contribution in [0.5, 0.6) is 0 Å². The molecule has 0 saturated heterocycles. The predicted molar refractivity (Wildman–Crippen MR) is 67.9 cm³/mol. The second kappa shape index (κ2) is 4.86. The summed E-state index contributed by atoms with van der Waals surface area (Å²) in [6, 6.07) is 4.66. The predicted octanol–water partition coefficient (Wildman–Crippen LogP) is 2.29. The fraction of sp³-hybridized carbons (Fsp3) is 0.385. The molecule has 0 aliphatic heterocycles. The minimum absolute atomic E-state index is 0.0219. The van der Waals surface area contributed by atoms with Crippen molar-refractivity contribution in [2.45, 2.75) is 32.9 Å². The van der Waals surface area contributed by atoms with E-state index >= 15 is 0 Å². The molecule has 0 spiro atoms. The van der Waals surface area contributed by atoms with Crippen molar-refractivity contribution in [1.82, 2.24) is 20.1 Å². The summed E-state index contributed by atoms with van der Waals surface area (Å²) >= 11 is 0. The Morgan fingerprint density at radius 1 is 1.33 bits per heavy atom. The third kappa shape index (κ3) is 3.13. The highest BCUT2D eigenvalue weighted by Gasteiger charge is 2.12. The average Bonchev–Trinajstić information content (AvgIpc) is 2.79. The quantitative estimate of drug-likeness (QED) is 0.906. The molecule has 4 nitrogen and oxygen atoms in total. The van der Waals surface area contributed by atoms with E-state index in [4.69, 9.17) is 0 Å². The van der Waals surface area contributed by atoms with Crippen LogP contribution in [0.3, 0.4) is 0 Å². The summed E-state index contributed by atoms with van der Waals surface area (Å²) < 4.78 is 15.0. The van der Waals surface area contributed by atoms with E-state index in [2.05, 4.69) is 36.2 Å². The van der Waals surface area contributed by atoms with Gasteiger partial charge in [-0.3, -0.25) is 0 Å². The highest BCUT2D eigenvalue weighted by molar-refractivity contribution is 5.40. The minimum Gasteiger partial charge on any atom is -0.308 e. The lowest BCUT2D eigenvalue weighted by Crippen LogP contribution is -2.35. The zero-order valence-electron chi connectivity index (χ0n) is 10.8. The van der Waals surface area contributed by atoms with Gasteiger partial charge < -0.3 is 5.32 Å². The van der Waals surface area contributed by atoms with Crippen LogP contribution >= 0.6 is 0 Å². The summed E-state index contributed by atoms with van der Waals surface area (Å²) in [6.45, 7) is 6.79. The number of hydrogen-bond donors (Lipinski definition) is 1. The lowest BCUT2D eigenvalue weighted by Gasteiger charge is -2.21. The van der Waals surface area contributed by atoms with Crippen molar-refractivity contribution in [3.8, 4) is 5.69 Å². The van der Waals surface area contributed by atoms with Crippen molar-refractivity contribution >= 4 is 0 Å². The van der Waals surface area contributed by atoms with Gasteiger partial charge in [-0.25, -0.2) is 14.1 Å². The summed E-state index contributed by atoms with van der Waals surface area (Å²) in [4.78, 5) is 3.91. The van der Waals surface area contributed by atoms with E-state index < -0.39 is 0 Å². The van der Waals surface area contributed by atoms with E-state index in [1.807, 2.05) is 0 Å². The molecule has 2 aromatic rings. The number of nitrogens with one attached hydrogen (secondary N) is 1. The molecule has 0 saturated carbocycles. The van der Waals surface area contributed by atoms with Crippen molar-refractivity contribution in [3.05, 3.63) is 42.2 Å². The van der Waals surface area contributed by atoms with Crippen molar-refractivity contribution in [2.75, 3.05) is 0 Å². The maximum Gasteiger partial charge on any atom is 0.138 e. The Morgan fingerprint density at radius 3 is 2.72 bits per heavy atom. The second-order valence-corrected chi connectivity index (χ2v) is 5.22. The molecular formula is C13H17FN4. The first-order valence-corrected chi connectivity index (χ1v) is 5.84. The summed E-state index contributed by atoms with van der Waals surface area (Å²) in [5.41, 5.74) is 1.67. The fourth-order valence-corrected chi connectivity index (χ4v) is 1.61. The second-order valence-electron chi connectivity index (χ2n) is 5.22. The van der Waals surface area contributed by atoms with Crippen molar-refractivity contribution < 1.29 is 4.39 Å². The third-order valence-corrected chi connectivity index (χ3v) is 2.52. The van der Waals surface area contributed by atoms with Gasteiger partial charge in [-0.15, -0.1) is 0 Å². The van der Waals surface area contributed by atoms with Crippen LogP contribution in [-0.2, 0) is 6.54 Å². The largest absolute Gasteiger partial charge is 0.308 e. The smallest absolute Gasteiger partial charge is 0.138 e. The maximum atomic E-state index is 13.3. The molecule has 18 heavy (non-hydrogen) atoms. The molecule has 0 bridgehead atoms. The van der Waals surface area contributed by atoms with Crippen LogP contribution in [0.15, 0.2) is 30.9 Å². The zero-order valence-corrected chi connectivity index (χ0v) is 10.8. The summed E-state index contributed by atoms with van der Waals surface area (Å²) in [6.07, 6.45) is 3.07. The number of benzene rings is 1. The number of nitrogens with zero attached hydrogens (tertiary/aromatic N) is 3. The Labute approximate surface area is 106 Å². The Bertz CT molecular complexity index is 514. The third-order valence-electron chi connectivity index (χ3n) is 2.52. The van der Waals surface area contributed by atoms with E-state index in [1.54, 1.807) is 17.1 Å². The van der Waals surface area contributed by atoms with Crippen LogP contribution in [0.2, 0.25) is 0 Å². The molecule has 1 aromatic carbocycles. The van der Waals surface area contributed by atoms with Crippen LogP contribution in [0, 0.1) is 5.82 Å². The first-order chi connectivity index (χ1) is 8.46. The maximum absolute atomic E-state index is 13.3. The summed E-state index contributed by atoms with van der Waals surface area (Å²) in [5.74, 6) is -0.246. The molecule has 1 heterocycles. The van der Waals surface area contributed by atoms with Gasteiger partial charge in [0.2, 0.25) is 0 Å². The molecule has 2 rings (SSSR count). The molecule has 0 radical (unpaired) electrons. The Balaban J connectivity index is 2.30. The van der Waals surface area contributed by atoms with Crippen molar-refractivity contribution in [1.29, 1.82) is 0 Å². The molecule has 0 aliphatic rings. The number of rotatable bonds is 3. The molecule has 0 atom stereocenters. The van der Waals surface area contributed by atoms with Crippen molar-refractivity contribution in [2.24, 2.45) is 0 Å². The van der Waals surface area contributed by atoms with Crippen LogP contribution in [0.25, 0.3) is 5.69 Å². The molecule has 0 fully saturated rings. The van der Waals surface area contributed by atoms with E-state index in [0.717, 1.165) is 11.3 Å². The first kappa shape index (κ1) is 12.7. The highest BCUT2D eigenvalue weighted by atomic mass is 19.1. The van der Waals surface area contributed by atoms with E-state index in [-0.39, 0.29) is 11.4 Å². The molecule has 0 aliphatic carbocycles. The SMILES string of the molecule is CC(C)(C)NCc1cc(F)ccc1-n1cncn1. The van der Waals surface area contributed by atoms with Gasteiger partial charge in [0.25, 0.3) is 0 Å². The number of aromatic nitrogens is 3. The molecule has 5 heteroatoms. The van der Waals surface area contributed by atoms with Crippen molar-refractivity contribution in [3.63, 3.8) is 0 Å². The Kier molecular flexibility index (Phi) is 3.43. The molecular weight excluding hydrogens is 231 g/mol. The van der Waals surface area contributed by atoms with Gasteiger partial charge in [-0.05, 0) is 44.5 Å². The van der Waals surface area contributed by atoms with Gasteiger partial charge in [0, 0.05) is 12.1 Å². The molecule has 1 aromatic heterocycles. The normalized spacial score (nSPS) is 11.8. The first-order valence-electron chi connectivity index (χ1n) is 5.84. The Morgan fingerprint density at radius 2 is 2.11 bits per heavy atom. The number of hydrogen-bond acceptors (Lipinski definition) is 3. The van der Waals surface area contributed by atoms with Gasteiger partial charge in [-0.2, -0.15) is 5.10 Å². The van der Waals surface area contributed by atoms with Crippen LogP contribution in [0.4, 0.5) is 4.39 Å². The molecule has 0 amide bonds. The fourth-order valence-electron chi connectivity index (χ4n) is 1.61. The van der Waals surface area contributed by atoms with Gasteiger partial charge in [0.05, 0.1) is 5.69 Å². The zero-order chi connectivity index (χ0) is 13.2. The van der Waals surface area contributed by atoms with E-state index in [1.165, 1.54) is 18.5 Å². The van der Waals surface area contributed by atoms with Gasteiger partial charge in [0.1, 0.15) is 18.5 Å². The topological polar surface area (TPSA) is 42.7 Å². The minimum atomic E-state index is -0.246. The lowest BCUT2D eigenvalue weighted by atomic mass is 10.1. The average molecular weight is 248 g/mol. The van der Waals surface area contributed by atoms with E-state index in [9.17, 15) is 4.39 Å². The molecule has 1 N–H and O–H groups in total. The van der Waals surface area contributed by atoms with Gasteiger partial charge in [0.15, 0.2) is 0 Å². The Hall–Kier alpha value is -1.75. The highest BCUT2D eigenvalue weighted by Crippen LogP contribution is 2.16. The van der Waals surface area contributed by atoms with Crippen LogP contribution in [-0.4, -0.2) is 20.3 Å². The number of halogens is 1. The standard InChI is InChI=1S/C13H17FN4/c1-13(2,3)16-7-10-6-11(14)4-5-12(10)18-9-15-8-17-18/h4-6,8-9,16H,7H2,1-3H3. The monoisotopic (exact) mass is 248 g/mol. The van der Waals surface area contributed by atoms with Gasteiger partial charge in [-0.1, -0.05) is 0 Å². The summed E-state index contributed by atoms with van der Waals surface area (Å²) in [5, 5.41) is 7.42. The van der Waals surface area contributed by atoms with Gasteiger partial charge >= 0.3 is 0 Å². The lowest BCUT2D eigenvalue weighted by molar-refractivity contribution is 0.423. The van der Waals surface area contributed by atoms with Crippen LogP contribution < -0.4 is 5.32 Å². The summed E-state index contributed by atoms with van der Waals surface area (Å²) in [7, 11) is 0. The van der Waals surface area contributed by atoms with E-state index in [0.29, 0.717) is 6.54 Å². The molecule has 96 valence electrons. The molecule has 0 unspecified atom stereocenters. The van der Waals surface area contributed by atoms with Crippen LogP contribution in [0.1, 0.15) is 26.3 Å².